The van der Waals surface area contributed by atoms with Crippen LogP contribution < -0.4 is 10.6 Å². The summed E-state index contributed by atoms with van der Waals surface area (Å²) in [6, 6.07) is 5.32. The van der Waals surface area contributed by atoms with Crippen molar-refractivity contribution in [3.05, 3.63) is 36.0 Å². The van der Waals surface area contributed by atoms with E-state index in [4.69, 9.17) is 10.2 Å². The zero-order chi connectivity index (χ0) is 12.8. The van der Waals surface area contributed by atoms with Crippen molar-refractivity contribution < 1.29 is 19.8 Å². The Balaban J connectivity index is 2.53. The summed E-state index contributed by atoms with van der Waals surface area (Å²) in [5, 5.41) is 22.3. The summed E-state index contributed by atoms with van der Waals surface area (Å²) in [5.74, 6) is -1.01. The first-order valence-corrected chi connectivity index (χ1v) is 4.75. The van der Waals surface area contributed by atoms with Crippen LogP contribution in [-0.2, 0) is 4.79 Å². The van der Waals surface area contributed by atoms with Gasteiger partial charge in [-0.25, -0.2) is 9.59 Å². The van der Waals surface area contributed by atoms with Gasteiger partial charge in [-0.3, -0.25) is 0 Å². The number of phenolic OH excluding ortho intramolecular Hbond substituents is 1. The minimum atomic E-state index is -1.10. The molecule has 0 spiro atoms. The molecule has 0 saturated carbocycles. The molecule has 0 unspecified atom stereocenters. The SMILES string of the molecule is CC(=CNC(=O)Nc1ccc(O)cc1)C(=O)O. The summed E-state index contributed by atoms with van der Waals surface area (Å²) in [4.78, 5) is 21.7. The summed E-state index contributed by atoms with van der Waals surface area (Å²) in [6.45, 7) is 1.36. The molecule has 17 heavy (non-hydrogen) atoms. The summed E-state index contributed by atoms with van der Waals surface area (Å²) >= 11 is 0. The van der Waals surface area contributed by atoms with Crippen molar-refractivity contribution in [3.8, 4) is 5.75 Å². The zero-order valence-corrected chi connectivity index (χ0v) is 9.10. The molecular weight excluding hydrogens is 224 g/mol. The molecule has 0 aliphatic heterocycles. The summed E-state index contributed by atoms with van der Waals surface area (Å²) in [6.07, 6.45) is 1.10. The van der Waals surface area contributed by atoms with Gasteiger partial charge in [0.15, 0.2) is 0 Å². The van der Waals surface area contributed by atoms with Gasteiger partial charge in [0.1, 0.15) is 5.75 Å². The Bertz CT molecular complexity index is 451. The van der Waals surface area contributed by atoms with Crippen LogP contribution in [0.5, 0.6) is 5.75 Å². The van der Waals surface area contributed by atoms with E-state index >= 15 is 0 Å². The van der Waals surface area contributed by atoms with Gasteiger partial charge in [0.25, 0.3) is 0 Å². The Morgan fingerprint density at radius 2 is 1.82 bits per heavy atom. The van der Waals surface area contributed by atoms with E-state index in [0.29, 0.717) is 5.69 Å². The highest BCUT2D eigenvalue weighted by molar-refractivity contribution is 5.91. The number of carboxylic acids is 1. The lowest BCUT2D eigenvalue weighted by Gasteiger charge is -2.04. The van der Waals surface area contributed by atoms with Gasteiger partial charge < -0.3 is 20.8 Å². The number of urea groups is 1. The molecule has 0 heterocycles. The van der Waals surface area contributed by atoms with Crippen molar-refractivity contribution in [2.75, 3.05) is 5.32 Å². The Kier molecular flexibility index (Phi) is 4.10. The van der Waals surface area contributed by atoms with Gasteiger partial charge in [-0.15, -0.1) is 0 Å². The van der Waals surface area contributed by atoms with Crippen molar-refractivity contribution in [2.45, 2.75) is 6.92 Å². The van der Waals surface area contributed by atoms with Crippen molar-refractivity contribution >= 4 is 17.7 Å². The van der Waals surface area contributed by atoms with E-state index in [1.165, 1.54) is 31.2 Å². The molecule has 1 aromatic rings. The third kappa shape index (κ3) is 4.25. The number of rotatable bonds is 3. The van der Waals surface area contributed by atoms with Crippen LogP contribution in [0.3, 0.4) is 0 Å². The molecule has 0 aliphatic carbocycles. The molecule has 6 nitrogen and oxygen atoms in total. The van der Waals surface area contributed by atoms with E-state index in [1.807, 2.05) is 0 Å². The largest absolute Gasteiger partial charge is 0.508 e. The van der Waals surface area contributed by atoms with E-state index in [2.05, 4.69) is 10.6 Å². The minimum Gasteiger partial charge on any atom is -0.508 e. The number of carbonyl (C=O) groups excluding carboxylic acids is 1. The van der Waals surface area contributed by atoms with Crippen LogP contribution in [0.15, 0.2) is 36.0 Å². The molecular formula is C11H12N2O4. The standard InChI is InChI=1S/C11H12N2O4/c1-7(10(15)16)6-12-11(17)13-8-2-4-9(14)5-3-8/h2-6,14H,1H3,(H,15,16)(H2,12,13,17). The molecule has 0 aliphatic rings. The maximum absolute atomic E-state index is 11.3. The van der Waals surface area contributed by atoms with E-state index < -0.39 is 12.0 Å². The highest BCUT2D eigenvalue weighted by atomic mass is 16.4. The molecule has 90 valence electrons. The van der Waals surface area contributed by atoms with Gasteiger partial charge in [0.2, 0.25) is 0 Å². The summed E-state index contributed by atoms with van der Waals surface area (Å²) in [7, 11) is 0. The fourth-order valence-corrected chi connectivity index (χ4v) is 0.947. The third-order valence-electron chi connectivity index (χ3n) is 1.88. The van der Waals surface area contributed by atoms with Crippen molar-refractivity contribution in [3.63, 3.8) is 0 Å². The number of benzene rings is 1. The normalized spacial score (nSPS) is 10.8. The van der Waals surface area contributed by atoms with Gasteiger partial charge in [0.05, 0.1) is 5.57 Å². The Morgan fingerprint density at radius 3 is 2.35 bits per heavy atom. The van der Waals surface area contributed by atoms with E-state index in [-0.39, 0.29) is 11.3 Å². The molecule has 0 aromatic heterocycles. The van der Waals surface area contributed by atoms with Gasteiger partial charge in [-0.2, -0.15) is 0 Å². The fourth-order valence-electron chi connectivity index (χ4n) is 0.947. The number of anilines is 1. The first-order chi connectivity index (χ1) is 7.99. The number of hydrogen-bond donors (Lipinski definition) is 4. The zero-order valence-electron chi connectivity index (χ0n) is 9.10. The number of phenols is 1. The highest BCUT2D eigenvalue weighted by Gasteiger charge is 2.02. The van der Waals surface area contributed by atoms with E-state index in [9.17, 15) is 9.59 Å². The highest BCUT2D eigenvalue weighted by Crippen LogP contribution is 2.13. The lowest BCUT2D eigenvalue weighted by Crippen LogP contribution is -2.24. The summed E-state index contributed by atoms with van der Waals surface area (Å²) in [5.41, 5.74) is 0.507. The lowest BCUT2D eigenvalue weighted by molar-refractivity contribution is -0.132. The molecule has 4 N–H and O–H groups in total. The summed E-state index contributed by atoms with van der Waals surface area (Å²) < 4.78 is 0. The van der Waals surface area contributed by atoms with E-state index in [1.54, 1.807) is 0 Å². The topological polar surface area (TPSA) is 98.7 Å². The second-order valence-corrected chi connectivity index (χ2v) is 3.28. The number of hydrogen-bond acceptors (Lipinski definition) is 3. The first-order valence-electron chi connectivity index (χ1n) is 4.75. The molecule has 0 fully saturated rings. The lowest BCUT2D eigenvalue weighted by atomic mass is 10.3. The molecule has 0 atom stereocenters. The average molecular weight is 236 g/mol. The van der Waals surface area contributed by atoms with Crippen LogP contribution in [0.25, 0.3) is 0 Å². The second kappa shape index (κ2) is 5.55. The quantitative estimate of drug-likeness (QED) is 0.472. The van der Waals surface area contributed by atoms with Crippen LogP contribution in [0, 0.1) is 0 Å². The van der Waals surface area contributed by atoms with Crippen molar-refractivity contribution in [1.29, 1.82) is 0 Å². The molecule has 0 radical (unpaired) electrons. The predicted molar refractivity (Wildman–Crippen MR) is 61.7 cm³/mol. The minimum absolute atomic E-state index is 0.0193. The molecule has 6 heteroatoms. The van der Waals surface area contributed by atoms with Crippen molar-refractivity contribution in [2.24, 2.45) is 0 Å². The Hall–Kier alpha value is -2.50. The average Bonchev–Trinajstić information content (AvgIpc) is 2.29. The van der Waals surface area contributed by atoms with E-state index in [0.717, 1.165) is 6.20 Å². The Morgan fingerprint density at radius 1 is 1.24 bits per heavy atom. The number of nitrogens with one attached hydrogen (secondary N) is 2. The Labute approximate surface area is 97.6 Å². The molecule has 1 rings (SSSR count). The maximum Gasteiger partial charge on any atom is 0.332 e. The van der Waals surface area contributed by atoms with Crippen LogP contribution >= 0.6 is 0 Å². The van der Waals surface area contributed by atoms with Crippen LogP contribution in [-0.4, -0.2) is 22.2 Å². The van der Waals surface area contributed by atoms with Gasteiger partial charge >= 0.3 is 12.0 Å². The maximum atomic E-state index is 11.3. The smallest absolute Gasteiger partial charge is 0.332 e. The van der Waals surface area contributed by atoms with Gasteiger partial charge in [-0.05, 0) is 31.2 Å². The number of carboxylic acid groups (broad SMARTS) is 1. The van der Waals surface area contributed by atoms with Crippen LogP contribution in [0.1, 0.15) is 6.92 Å². The number of aromatic hydroxyl groups is 1. The number of aliphatic carboxylic acids is 1. The van der Waals surface area contributed by atoms with Gasteiger partial charge in [0, 0.05) is 11.9 Å². The number of carbonyl (C=O) groups is 2. The van der Waals surface area contributed by atoms with Crippen LogP contribution in [0.4, 0.5) is 10.5 Å². The molecule has 0 bridgehead atoms. The van der Waals surface area contributed by atoms with Crippen LogP contribution in [0.2, 0.25) is 0 Å². The third-order valence-corrected chi connectivity index (χ3v) is 1.88. The first kappa shape index (κ1) is 12.6. The fraction of sp³-hybridized carbons (Fsp3) is 0.0909. The number of amides is 2. The second-order valence-electron chi connectivity index (χ2n) is 3.28. The van der Waals surface area contributed by atoms with Gasteiger partial charge in [-0.1, -0.05) is 0 Å². The molecule has 0 saturated heterocycles. The monoisotopic (exact) mass is 236 g/mol. The molecule has 2 amide bonds. The predicted octanol–water partition coefficient (Wildman–Crippen LogP) is 1.50. The molecule has 1 aromatic carbocycles. The van der Waals surface area contributed by atoms with Crippen molar-refractivity contribution in [1.82, 2.24) is 5.32 Å².